The Labute approximate surface area is 64.0 Å². The molecule has 4 nitrogen and oxygen atoms in total. The molecule has 4 heteroatoms. The molecule has 0 aromatic rings. The largest absolute Gasteiger partial charge is 0.299 e. The van der Waals surface area contributed by atoms with E-state index in [1.165, 1.54) is 0 Å². The van der Waals surface area contributed by atoms with Gasteiger partial charge in [-0.3, -0.25) is 19.7 Å². The van der Waals surface area contributed by atoms with Crippen LogP contribution in [0.5, 0.6) is 0 Å². The van der Waals surface area contributed by atoms with Crippen LogP contribution in [-0.2, 0) is 14.4 Å². The third-order valence-electron chi connectivity index (χ3n) is 1.60. The maximum Gasteiger partial charge on any atom is 0.227 e. The maximum atomic E-state index is 10.7. The summed E-state index contributed by atoms with van der Waals surface area (Å²) in [6.07, 6.45) is 0.183. The molecule has 0 saturated carbocycles. The van der Waals surface area contributed by atoms with Crippen molar-refractivity contribution in [1.29, 1.82) is 0 Å². The fourth-order valence-corrected chi connectivity index (χ4v) is 1.00. The van der Waals surface area contributed by atoms with Crippen LogP contribution in [0.3, 0.4) is 0 Å². The molecule has 2 amide bonds. The average Bonchev–Trinajstić information content (AvgIpc) is 1.85. The number of imide groups is 1. The van der Waals surface area contributed by atoms with E-state index >= 15 is 0 Å². The van der Waals surface area contributed by atoms with Crippen LogP contribution in [0.25, 0.3) is 0 Å². The Morgan fingerprint density at radius 2 is 1.82 bits per heavy atom. The average molecular weight is 154 g/mol. The second-order valence-electron chi connectivity index (χ2n) is 2.54. The van der Waals surface area contributed by atoms with Crippen molar-refractivity contribution in [3.63, 3.8) is 0 Å². The predicted octanol–water partition coefficient (Wildman–Crippen LogP) is -0.558. The molecule has 0 unspecified atom stereocenters. The molecule has 0 atom stereocenters. The van der Waals surface area contributed by atoms with Crippen molar-refractivity contribution in [2.24, 2.45) is 5.92 Å². The molecule has 0 aromatic carbocycles. The van der Waals surface area contributed by atoms with E-state index in [1.54, 1.807) is 0 Å². The molecule has 1 saturated heterocycles. The van der Waals surface area contributed by atoms with Gasteiger partial charge in [-0.05, 0) is 0 Å². The molecule has 0 spiro atoms. The first-order valence-electron chi connectivity index (χ1n) is 3.28. The summed E-state index contributed by atoms with van der Waals surface area (Å²) in [4.78, 5) is 32.0. The lowest BCUT2D eigenvalue weighted by Crippen LogP contribution is -2.40. The minimum absolute atomic E-state index is 0.0913. The molecule has 59 valence electrons. The Morgan fingerprint density at radius 3 is 2.18 bits per heavy atom. The minimum Gasteiger partial charge on any atom is -0.299 e. The van der Waals surface area contributed by atoms with Crippen LogP contribution in [0.15, 0.2) is 0 Å². The highest BCUT2D eigenvalue weighted by molar-refractivity contribution is 6.03. The third kappa shape index (κ3) is 1.86. The van der Waals surface area contributed by atoms with Crippen LogP contribution in [0.1, 0.15) is 12.8 Å². The predicted molar refractivity (Wildman–Crippen MR) is 36.2 cm³/mol. The second-order valence-corrected chi connectivity index (χ2v) is 2.54. The van der Waals surface area contributed by atoms with E-state index in [-0.39, 0.29) is 30.4 Å². The van der Waals surface area contributed by atoms with Crippen LogP contribution < -0.4 is 5.32 Å². The van der Waals surface area contributed by atoms with Crippen LogP contribution in [0, 0.1) is 12.8 Å². The van der Waals surface area contributed by atoms with Gasteiger partial charge in [-0.1, -0.05) is 0 Å². The Bertz CT molecular complexity index is 206. The van der Waals surface area contributed by atoms with E-state index in [2.05, 4.69) is 12.2 Å². The van der Waals surface area contributed by atoms with Gasteiger partial charge < -0.3 is 0 Å². The van der Waals surface area contributed by atoms with Crippen LogP contribution in [-0.4, -0.2) is 17.6 Å². The van der Waals surface area contributed by atoms with Crippen LogP contribution in [0.2, 0.25) is 0 Å². The van der Waals surface area contributed by atoms with Gasteiger partial charge in [0, 0.05) is 25.7 Å². The van der Waals surface area contributed by atoms with Crippen molar-refractivity contribution in [2.75, 3.05) is 0 Å². The fourth-order valence-electron chi connectivity index (χ4n) is 1.00. The summed E-state index contributed by atoms with van der Waals surface area (Å²) in [5.41, 5.74) is 0. The molecule has 1 aliphatic rings. The highest BCUT2D eigenvalue weighted by Crippen LogP contribution is 2.13. The number of ketones is 1. The number of hydrogen-bond donors (Lipinski definition) is 1. The Hall–Kier alpha value is -1.19. The van der Waals surface area contributed by atoms with Gasteiger partial charge in [0.2, 0.25) is 11.8 Å². The maximum absolute atomic E-state index is 10.7. The van der Waals surface area contributed by atoms with Gasteiger partial charge in [-0.25, -0.2) is 0 Å². The van der Waals surface area contributed by atoms with E-state index in [4.69, 9.17) is 0 Å². The first-order valence-corrected chi connectivity index (χ1v) is 3.28. The molecule has 1 radical (unpaired) electrons. The number of hydrogen-bond acceptors (Lipinski definition) is 3. The van der Waals surface area contributed by atoms with Crippen molar-refractivity contribution in [2.45, 2.75) is 12.8 Å². The first-order chi connectivity index (χ1) is 5.09. The van der Waals surface area contributed by atoms with E-state index < -0.39 is 5.92 Å². The fraction of sp³-hybridized carbons (Fsp3) is 0.429. The Morgan fingerprint density at radius 1 is 1.36 bits per heavy atom. The number of nitrogens with one attached hydrogen (secondary N) is 1. The highest BCUT2D eigenvalue weighted by atomic mass is 16.2. The summed E-state index contributed by atoms with van der Waals surface area (Å²) in [5.74, 6) is -1.61. The van der Waals surface area contributed by atoms with Gasteiger partial charge in [0.1, 0.15) is 5.78 Å². The van der Waals surface area contributed by atoms with Crippen molar-refractivity contribution in [1.82, 2.24) is 5.32 Å². The second kappa shape index (κ2) is 2.82. The zero-order valence-electron chi connectivity index (χ0n) is 5.92. The molecule has 1 N–H and O–H groups in total. The molecule has 1 aliphatic heterocycles. The monoisotopic (exact) mass is 154 g/mol. The lowest BCUT2D eigenvalue weighted by molar-refractivity contribution is -0.138. The summed E-state index contributed by atoms with van der Waals surface area (Å²) >= 11 is 0. The minimum atomic E-state index is -0.503. The number of piperidine rings is 1. The van der Waals surface area contributed by atoms with Gasteiger partial charge in [0.15, 0.2) is 0 Å². The van der Waals surface area contributed by atoms with E-state index in [0.717, 1.165) is 0 Å². The Balaban J connectivity index is 2.63. The number of carbonyl (C=O) groups excluding carboxylic acids is 3. The molecule has 0 aromatic heterocycles. The number of amides is 2. The zero-order chi connectivity index (χ0) is 8.43. The van der Waals surface area contributed by atoms with Crippen molar-refractivity contribution >= 4 is 17.6 Å². The normalized spacial score (nSPS) is 19.7. The molecular weight excluding hydrogens is 146 g/mol. The molecular formula is C7H8NO3. The quantitative estimate of drug-likeness (QED) is 0.515. The highest BCUT2D eigenvalue weighted by Gasteiger charge is 2.27. The smallest absolute Gasteiger partial charge is 0.227 e. The molecule has 11 heavy (non-hydrogen) atoms. The van der Waals surface area contributed by atoms with E-state index in [0.29, 0.717) is 0 Å². The van der Waals surface area contributed by atoms with E-state index in [9.17, 15) is 14.4 Å². The molecule has 0 bridgehead atoms. The summed E-state index contributed by atoms with van der Waals surface area (Å²) in [7, 11) is 0. The topological polar surface area (TPSA) is 63.2 Å². The zero-order valence-corrected chi connectivity index (χ0v) is 5.92. The summed E-state index contributed by atoms with van der Waals surface area (Å²) in [6, 6.07) is 0. The third-order valence-corrected chi connectivity index (χ3v) is 1.60. The standard InChI is InChI=1S/C7H8NO3/c1-4(9)5-2-6(10)8-7(11)3-5/h5H,1-3H2,(H,8,10,11). The first kappa shape index (κ1) is 7.91. The van der Waals surface area contributed by atoms with Crippen molar-refractivity contribution in [3.8, 4) is 0 Å². The summed E-state index contributed by atoms with van der Waals surface area (Å²) in [6.45, 7) is 3.16. The molecule has 1 rings (SSSR count). The van der Waals surface area contributed by atoms with Gasteiger partial charge in [0.25, 0.3) is 0 Å². The van der Waals surface area contributed by atoms with Crippen LogP contribution >= 0.6 is 0 Å². The lowest BCUT2D eigenvalue weighted by Gasteiger charge is -2.17. The van der Waals surface area contributed by atoms with Crippen molar-refractivity contribution < 1.29 is 14.4 Å². The van der Waals surface area contributed by atoms with E-state index in [1.807, 2.05) is 0 Å². The van der Waals surface area contributed by atoms with Gasteiger partial charge in [-0.2, -0.15) is 0 Å². The number of carbonyl (C=O) groups is 3. The summed E-state index contributed by atoms with van der Waals surface area (Å²) in [5, 5.41) is 2.11. The lowest BCUT2D eigenvalue weighted by atomic mass is 9.94. The van der Waals surface area contributed by atoms with Crippen LogP contribution in [0.4, 0.5) is 0 Å². The number of Topliss-reactive ketones (excluding diaryl/α,β-unsaturated/α-hetero) is 1. The molecule has 1 heterocycles. The molecule has 1 fully saturated rings. The summed E-state index contributed by atoms with van der Waals surface area (Å²) < 4.78 is 0. The molecule has 0 aliphatic carbocycles. The van der Waals surface area contributed by atoms with Gasteiger partial charge in [-0.15, -0.1) is 0 Å². The number of rotatable bonds is 1. The SMILES string of the molecule is [CH2]C(=O)C1CC(=O)NC(=O)C1. The van der Waals surface area contributed by atoms with Gasteiger partial charge in [0.05, 0.1) is 0 Å². The van der Waals surface area contributed by atoms with Crippen molar-refractivity contribution in [3.05, 3.63) is 6.92 Å². The van der Waals surface area contributed by atoms with Gasteiger partial charge >= 0.3 is 0 Å². The Kier molecular flexibility index (Phi) is 2.03.